The van der Waals surface area contributed by atoms with Gasteiger partial charge in [0.1, 0.15) is 18.2 Å². The number of phenols is 1. The van der Waals surface area contributed by atoms with Gasteiger partial charge in [-0.05, 0) is 30.4 Å². The van der Waals surface area contributed by atoms with Crippen LogP contribution in [-0.2, 0) is 22.5 Å². The molecule has 2 saturated heterocycles. The van der Waals surface area contributed by atoms with Crippen LogP contribution in [0.25, 0.3) is 10.8 Å². The number of aromatic nitrogens is 2. The van der Waals surface area contributed by atoms with Crippen LogP contribution in [0.5, 0.6) is 11.8 Å². The van der Waals surface area contributed by atoms with Gasteiger partial charge in [0.2, 0.25) is 11.8 Å². The molecule has 0 saturated carbocycles. The monoisotopic (exact) mass is 629 g/mol. The Bertz CT molecular complexity index is 1640. The molecule has 13 nitrogen and oxygen atoms in total. The lowest BCUT2D eigenvalue weighted by Crippen LogP contribution is -2.57. The van der Waals surface area contributed by atoms with Gasteiger partial charge >= 0.3 is 6.01 Å². The maximum absolute atomic E-state index is 12.5. The molecule has 0 bridgehead atoms. The topological polar surface area (TPSA) is 159 Å². The molecule has 3 aliphatic rings. The predicted octanol–water partition coefficient (Wildman–Crippen LogP) is 1.75. The summed E-state index contributed by atoms with van der Waals surface area (Å²) in [5.74, 6) is -1.29. The van der Waals surface area contributed by atoms with Gasteiger partial charge < -0.3 is 39.5 Å². The number of phenolic OH excluding ortho intramolecular Hbond substituents is 1. The van der Waals surface area contributed by atoms with E-state index in [4.69, 9.17) is 19.4 Å². The van der Waals surface area contributed by atoms with Gasteiger partial charge in [0, 0.05) is 62.0 Å². The molecule has 1 unspecified atom stereocenters. The summed E-state index contributed by atoms with van der Waals surface area (Å²) in [6, 6.07) is 13.6. The minimum absolute atomic E-state index is 0.172. The number of nitrogens with zero attached hydrogens (tertiary/aromatic N) is 7. The third-order valence-electron chi connectivity index (χ3n) is 8.87. The van der Waals surface area contributed by atoms with Gasteiger partial charge in [-0.1, -0.05) is 30.8 Å². The number of fused-ring (bicyclic) bond motifs is 2. The van der Waals surface area contributed by atoms with E-state index in [0.29, 0.717) is 65.3 Å². The predicted molar refractivity (Wildman–Crippen MR) is 170 cm³/mol. The van der Waals surface area contributed by atoms with Gasteiger partial charge in [-0.3, -0.25) is 4.79 Å². The first-order valence-corrected chi connectivity index (χ1v) is 15.6. The second-order valence-electron chi connectivity index (χ2n) is 11.8. The summed E-state index contributed by atoms with van der Waals surface area (Å²) in [4.78, 5) is 29.8. The van der Waals surface area contributed by atoms with Crippen LogP contribution in [0.3, 0.4) is 0 Å². The Balaban J connectivity index is 1.27. The van der Waals surface area contributed by atoms with Crippen LogP contribution >= 0.6 is 0 Å². The number of carbonyl (C=O) groups excluding carboxylic acids is 1. The Morgan fingerprint density at radius 3 is 2.83 bits per heavy atom. The molecule has 1 amide bonds. The molecule has 1 atom stereocenters. The summed E-state index contributed by atoms with van der Waals surface area (Å²) < 4.78 is 11.3. The first-order valence-electron chi connectivity index (χ1n) is 15.6. The zero-order valence-corrected chi connectivity index (χ0v) is 25.7. The van der Waals surface area contributed by atoms with Crippen molar-refractivity contribution in [3.8, 4) is 17.8 Å². The lowest BCUT2D eigenvalue weighted by Gasteiger charge is -2.42. The maximum Gasteiger partial charge on any atom is 0.318 e. The number of nitriles is 1. The van der Waals surface area contributed by atoms with Gasteiger partial charge in [0.15, 0.2) is 0 Å². The fraction of sp³-hybridized carbons (Fsp3) is 0.455. The average molecular weight is 630 g/mol. The molecule has 3 aromatic rings. The molecule has 6 rings (SSSR count). The standard InChI is InChI=1S/C33H39N7O6/c1-2-30(42)40-14-13-38(20-24(40)8-10-34)31-27-9-12-37(29-19-25(41)18-23-6-3-4-7-26(23)29)21-28(27)35-32(36-31)46-16-5-11-39-15-17-45-22-33(39,43)44/h2-4,6-7,18-19,24,41,43-44H,1,5,8-9,11-17,20-22H2. The quantitative estimate of drug-likeness (QED) is 0.179. The van der Waals surface area contributed by atoms with E-state index in [0.717, 1.165) is 33.5 Å². The number of ether oxygens (including phenoxy) is 2. The molecule has 0 aliphatic carbocycles. The molecule has 2 fully saturated rings. The molecule has 1 aromatic heterocycles. The van der Waals surface area contributed by atoms with Crippen molar-refractivity contribution in [1.82, 2.24) is 19.8 Å². The van der Waals surface area contributed by atoms with Crippen molar-refractivity contribution < 1.29 is 29.6 Å². The number of morpholine rings is 1. The normalized spacial score (nSPS) is 19.8. The number of piperazine rings is 1. The molecular weight excluding hydrogens is 590 g/mol. The van der Waals surface area contributed by atoms with Gasteiger partial charge in [-0.25, -0.2) is 4.90 Å². The summed E-state index contributed by atoms with van der Waals surface area (Å²) in [6.45, 7) is 7.45. The summed E-state index contributed by atoms with van der Waals surface area (Å²) in [5, 5.41) is 42.4. The molecule has 2 aromatic carbocycles. The van der Waals surface area contributed by atoms with Gasteiger partial charge in [0.25, 0.3) is 0 Å². The van der Waals surface area contributed by atoms with Crippen LogP contribution < -0.4 is 14.5 Å². The van der Waals surface area contributed by atoms with Crippen LogP contribution in [0.4, 0.5) is 11.5 Å². The Kier molecular flexibility index (Phi) is 9.23. The Labute approximate surface area is 267 Å². The minimum atomic E-state index is -2.01. The molecule has 0 radical (unpaired) electrons. The fourth-order valence-electron chi connectivity index (χ4n) is 6.56. The lowest BCUT2D eigenvalue weighted by molar-refractivity contribution is -0.310. The van der Waals surface area contributed by atoms with E-state index in [1.807, 2.05) is 24.3 Å². The van der Waals surface area contributed by atoms with Crippen LogP contribution in [0.2, 0.25) is 0 Å². The number of benzene rings is 2. The van der Waals surface area contributed by atoms with Crippen LogP contribution in [0, 0.1) is 11.3 Å². The molecule has 13 heteroatoms. The van der Waals surface area contributed by atoms with E-state index < -0.39 is 5.91 Å². The molecule has 242 valence electrons. The zero-order valence-electron chi connectivity index (χ0n) is 25.7. The summed E-state index contributed by atoms with van der Waals surface area (Å²) in [7, 11) is 0. The lowest BCUT2D eigenvalue weighted by atomic mass is 10.0. The molecule has 46 heavy (non-hydrogen) atoms. The summed E-state index contributed by atoms with van der Waals surface area (Å²) >= 11 is 0. The fourth-order valence-corrected chi connectivity index (χ4v) is 6.56. The highest BCUT2D eigenvalue weighted by molar-refractivity contribution is 5.95. The van der Waals surface area contributed by atoms with Crippen LogP contribution in [-0.4, -0.2) is 112 Å². The third-order valence-corrected chi connectivity index (χ3v) is 8.87. The highest BCUT2D eigenvalue weighted by Gasteiger charge is 2.36. The number of aliphatic hydroxyl groups is 2. The SMILES string of the molecule is C=CC(=O)N1CCN(c2nc(OCCCN3CCOCC3(O)O)nc3c2CCN(c2cc(O)cc4ccccc24)C3)CC1CC#N. The largest absolute Gasteiger partial charge is 0.508 e. The van der Waals surface area contributed by atoms with Crippen LogP contribution in [0.15, 0.2) is 49.1 Å². The Morgan fingerprint density at radius 1 is 1.17 bits per heavy atom. The van der Waals surface area contributed by atoms with Crippen molar-refractivity contribution in [3.63, 3.8) is 0 Å². The number of aromatic hydroxyl groups is 1. The molecular formula is C33H39N7O6. The van der Waals surface area contributed by atoms with Crippen molar-refractivity contribution in [1.29, 1.82) is 5.26 Å². The van der Waals surface area contributed by atoms with Crippen molar-refractivity contribution in [2.45, 2.75) is 37.8 Å². The van der Waals surface area contributed by atoms with E-state index in [9.17, 15) is 25.4 Å². The second kappa shape index (κ2) is 13.5. The van der Waals surface area contributed by atoms with E-state index in [1.165, 1.54) is 6.08 Å². The molecule has 3 aliphatic heterocycles. The smallest absolute Gasteiger partial charge is 0.318 e. The van der Waals surface area contributed by atoms with E-state index in [1.54, 1.807) is 21.9 Å². The second-order valence-corrected chi connectivity index (χ2v) is 11.8. The molecule has 3 N–H and O–H groups in total. The highest BCUT2D eigenvalue weighted by atomic mass is 16.6. The molecule has 0 spiro atoms. The number of anilines is 2. The minimum Gasteiger partial charge on any atom is -0.508 e. The third kappa shape index (κ3) is 6.56. The van der Waals surface area contributed by atoms with E-state index in [2.05, 4.69) is 22.4 Å². The van der Waals surface area contributed by atoms with Gasteiger partial charge in [-0.2, -0.15) is 15.2 Å². The summed E-state index contributed by atoms with van der Waals surface area (Å²) in [5.41, 5.74) is 2.71. The number of hydrogen-bond donors (Lipinski definition) is 3. The zero-order chi connectivity index (χ0) is 32.3. The van der Waals surface area contributed by atoms with Gasteiger partial charge in [0.05, 0.1) is 44.0 Å². The number of carbonyl (C=O) groups is 1. The van der Waals surface area contributed by atoms with Gasteiger partial charge in [-0.15, -0.1) is 0 Å². The average Bonchev–Trinajstić information content (AvgIpc) is 3.06. The maximum atomic E-state index is 12.5. The molecule has 4 heterocycles. The van der Waals surface area contributed by atoms with Crippen molar-refractivity contribution in [2.75, 3.05) is 68.9 Å². The van der Waals surface area contributed by atoms with Crippen molar-refractivity contribution in [2.24, 2.45) is 0 Å². The van der Waals surface area contributed by atoms with Crippen molar-refractivity contribution in [3.05, 3.63) is 60.3 Å². The Hall–Kier alpha value is -4.48. The first-order chi connectivity index (χ1) is 22.3. The Morgan fingerprint density at radius 2 is 2.02 bits per heavy atom. The number of amides is 1. The summed E-state index contributed by atoms with van der Waals surface area (Å²) in [6.07, 6.45) is 2.62. The van der Waals surface area contributed by atoms with E-state index >= 15 is 0 Å². The van der Waals surface area contributed by atoms with E-state index in [-0.39, 0.29) is 43.3 Å². The first kappa shape index (κ1) is 31.5. The van der Waals surface area contributed by atoms with Crippen LogP contribution in [0.1, 0.15) is 24.1 Å². The highest BCUT2D eigenvalue weighted by Crippen LogP contribution is 2.36. The number of rotatable bonds is 9. The number of hydrogen-bond acceptors (Lipinski definition) is 12. The van der Waals surface area contributed by atoms with Crippen molar-refractivity contribution >= 4 is 28.2 Å².